The molecule has 0 heterocycles. The van der Waals surface area contributed by atoms with Crippen LogP contribution in [0, 0.1) is 0 Å². The Kier molecular flexibility index (Phi) is 8.96. The van der Waals surface area contributed by atoms with Gasteiger partial charge in [0.15, 0.2) is 0 Å². The molecule has 5 heteroatoms. The Labute approximate surface area is 148 Å². The maximum absolute atomic E-state index is 10.8. The first-order valence-electron chi connectivity index (χ1n) is 8.34. The molecule has 0 unspecified atom stereocenters. The van der Waals surface area contributed by atoms with E-state index in [9.17, 15) is 9.59 Å². The van der Waals surface area contributed by atoms with Crippen LogP contribution in [0.1, 0.15) is 45.7 Å². The van der Waals surface area contributed by atoms with Crippen LogP contribution in [0.4, 0.5) is 0 Å². The van der Waals surface area contributed by atoms with Crippen molar-refractivity contribution in [3.63, 3.8) is 0 Å². The number of likely N-dealkylation sites (N-methyl/N-ethyl adjacent to an activating group) is 1. The first-order chi connectivity index (χ1) is 12.0. The van der Waals surface area contributed by atoms with Gasteiger partial charge < -0.3 is 15.5 Å². The first kappa shape index (κ1) is 20.4. The van der Waals surface area contributed by atoms with Gasteiger partial charge in [0.2, 0.25) is 0 Å². The van der Waals surface area contributed by atoms with Gasteiger partial charge in [0.05, 0.1) is 11.1 Å². The average Bonchev–Trinajstić information content (AvgIpc) is 2.62. The molecule has 25 heavy (non-hydrogen) atoms. The molecule has 0 aromatic heterocycles. The molecule has 0 radical (unpaired) electrons. The fourth-order valence-corrected chi connectivity index (χ4v) is 2.38. The lowest BCUT2D eigenvalue weighted by Gasteiger charge is -2.05. The molecular formula is C20H25NO4. The summed E-state index contributed by atoms with van der Waals surface area (Å²) in [4.78, 5) is 21.4. The Bertz CT molecular complexity index is 698. The van der Waals surface area contributed by atoms with Gasteiger partial charge in [0, 0.05) is 0 Å². The second-order valence-corrected chi connectivity index (χ2v) is 5.38. The number of hydrogen-bond acceptors (Lipinski definition) is 3. The van der Waals surface area contributed by atoms with E-state index in [-0.39, 0.29) is 0 Å². The van der Waals surface area contributed by atoms with Gasteiger partial charge in [-0.1, -0.05) is 50.2 Å². The maximum atomic E-state index is 10.8. The molecule has 0 aliphatic heterocycles. The minimum Gasteiger partial charge on any atom is -0.478 e. The number of rotatable bonds is 7. The van der Waals surface area contributed by atoms with E-state index in [1.807, 2.05) is 38.1 Å². The zero-order valence-corrected chi connectivity index (χ0v) is 14.7. The quantitative estimate of drug-likeness (QED) is 0.670. The molecule has 2 rings (SSSR count). The van der Waals surface area contributed by atoms with Crippen molar-refractivity contribution in [3.05, 3.63) is 70.8 Å². The Morgan fingerprint density at radius 2 is 1.32 bits per heavy atom. The van der Waals surface area contributed by atoms with Crippen molar-refractivity contribution >= 4 is 11.9 Å². The highest BCUT2D eigenvalue weighted by Gasteiger charge is 2.07. The maximum Gasteiger partial charge on any atom is 0.335 e. The molecule has 0 bridgehead atoms. The number of carboxylic acid groups (broad SMARTS) is 2. The molecule has 3 N–H and O–H groups in total. The minimum absolute atomic E-state index is 0.408. The van der Waals surface area contributed by atoms with Crippen LogP contribution in [-0.2, 0) is 12.8 Å². The van der Waals surface area contributed by atoms with Gasteiger partial charge in [-0.05, 0) is 49.2 Å². The van der Waals surface area contributed by atoms with Crippen molar-refractivity contribution in [1.82, 2.24) is 5.32 Å². The summed E-state index contributed by atoms with van der Waals surface area (Å²) < 4.78 is 0. The molecule has 134 valence electrons. The van der Waals surface area contributed by atoms with Gasteiger partial charge in [0.1, 0.15) is 0 Å². The highest BCUT2D eigenvalue weighted by Crippen LogP contribution is 2.09. The predicted molar refractivity (Wildman–Crippen MR) is 98.4 cm³/mol. The van der Waals surface area contributed by atoms with E-state index >= 15 is 0 Å². The SMILES string of the molecule is CCNCCc1ccccc1C(=O)O.CCc1ccccc1C(=O)O. The fourth-order valence-electron chi connectivity index (χ4n) is 2.38. The van der Waals surface area contributed by atoms with Crippen LogP contribution in [-0.4, -0.2) is 35.2 Å². The van der Waals surface area contributed by atoms with Crippen molar-refractivity contribution in [1.29, 1.82) is 0 Å². The predicted octanol–water partition coefficient (Wildman–Crippen LogP) is 3.48. The monoisotopic (exact) mass is 343 g/mol. The van der Waals surface area contributed by atoms with Gasteiger partial charge in [-0.25, -0.2) is 9.59 Å². The summed E-state index contributed by atoms with van der Waals surface area (Å²) in [5, 5.41) is 20.8. The molecule has 0 spiro atoms. The number of hydrogen-bond donors (Lipinski definition) is 3. The van der Waals surface area contributed by atoms with Gasteiger partial charge in [0.25, 0.3) is 0 Å². The summed E-state index contributed by atoms with van der Waals surface area (Å²) in [6.45, 7) is 5.71. The first-order valence-corrected chi connectivity index (χ1v) is 8.34. The molecule has 0 fully saturated rings. The molecule has 0 saturated heterocycles. The second-order valence-electron chi connectivity index (χ2n) is 5.38. The number of benzene rings is 2. The third-order valence-electron chi connectivity index (χ3n) is 3.70. The molecule has 0 saturated carbocycles. The standard InChI is InChI=1S/C11H15NO2.C9H10O2/c1-2-12-8-7-9-5-3-4-6-10(9)11(13)14;1-2-7-5-3-4-6-8(7)9(10)11/h3-6,12H,2,7-8H2,1H3,(H,13,14);3-6H,2H2,1H3,(H,10,11). The Hall–Kier alpha value is -2.66. The van der Waals surface area contributed by atoms with E-state index in [4.69, 9.17) is 10.2 Å². The smallest absolute Gasteiger partial charge is 0.335 e. The molecule has 0 amide bonds. The van der Waals surface area contributed by atoms with Crippen molar-refractivity contribution in [3.8, 4) is 0 Å². The number of carboxylic acids is 2. The third-order valence-corrected chi connectivity index (χ3v) is 3.70. The lowest BCUT2D eigenvalue weighted by atomic mass is 10.0. The molecule has 2 aromatic rings. The number of aryl methyl sites for hydroxylation is 1. The van der Waals surface area contributed by atoms with E-state index in [2.05, 4.69) is 5.32 Å². The molecule has 5 nitrogen and oxygen atoms in total. The van der Waals surface area contributed by atoms with E-state index in [0.717, 1.165) is 37.1 Å². The van der Waals surface area contributed by atoms with E-state index in [1.165, 1.54) is 0 Å². The van der Waals surface area contributed by atoms with Crippen molar-refractivity contribution in [2.75, 3.05) is 13.1 Å². The summed E-state index contributed by atoms with van der Waals surface area (Å²) in [5.41, 5.74) is 2.60. The van der Waals surface area contributed by atoms with Crippen LogP contribution in [0.3, 0.4) is 0 Å². The number of nitrogens with one attached hydrogen (secondary N) is 1. The van der Waals surface area contributed by atoms with Crippen LogP contribution >= 0.6 is 0 Å². The molecule has 0 atom stereocenters. The van der Waals surface area contributed by atoms with E-state index in [0.29, 0.717) is 11.1 Å². The summed E-state index contributed by atoms with van der Waals surface area (Å²) in [6, 6.07) is 14.2. The van der Waals surface area contributed by atoms with Gasteiger partial charge >= 0.3 is 11.9 Å². The molecule has 0 aliphatic rings. The van der Waals surface area contributed by atoms with Gasteiger partial charge in [-0.2, -0.15) is 0 Å². The number of aromatic carboxylic acids is 2. The lowest BCUT2D eigenvalue weighted by Crippen LogP contribution is -2.17. The zero-order valence-electron chi connectivity index (χ0n) is 14.7. The number of carbonyl (C=O) groups is 2. The summed E-state index contributed by atoms with van der Waals surface area (Å²) >= 11 is 0. The Morgan fingerprint density at radius 1 is 0.840 bits per heavy atom. The normalized spacial score (nSPS) is 9.84. The van der Waals surface area contributed by atoms with Crippen molar-refractivity contribution in [2.45, 2.75) is 26.7 Å². The van der Waals surface area contributed by atoms with Crippen LogP contribution in [0.5, 0.6) is 0 Å². The van der Waals surface area contributed by atoms with Crippen molar-refractivity contribution in [2.24, 2.45) is 0 Å². The average molecular weight is 343 g/mol. The largest absolute Gasteiger partial charge is 0.478 e. The van der Waals surface area contributed by atoms with E-state index < -0.39 is 11.9 Å². The highest BCUT2D eigenvalue weighted by atomic mass is 16.4. The van der Waals surface area contributed by atoms with Crippen LogP contribution in [0.2, 0.25) is 0 Å². The van der Waals surface area contributed by atoms with Crippen LogP contribution in [0.25, 0.3) is 0 Å². The van der Waals surface area contributed by atoms with Gasteiger partial charge in [-0.15, -0.1) is 0 Å². The molecular weight excluding hydrogens is 318 g/mol. The minimum atomic E-state index is -0.850. The third kappa shape index (κ3) is 6.77. The lowest BCUT2D eigenvalue weighted by molar-refractivity contribution is 0.0685. The van der Waals surface area contributed by atoms with E-state index in [1.54, 1.807) is 24.3 Å². The van der Waals surface area contributed by atoms with Gasteiger partial charge in [-0.3, -0.25) is 0 Å². The summed E-state index contributed by atoms with van der Waals surface area (Å²) in [7, 11) is 0. The second kappa shape index (κ2) is 11.0. The fraction of sp³-hybridized carbons (Fsp3) is 0.300. The van der Waals surface area contributed by atoms with Crippen LogP contribution in [0.15, 0.2) is 48.5 Å². The molecule has 2 aromatic carbocycles. The van der Waals surface area contributed by atoms with Crippen LogP contribution < -0.4 is 5.32 Å². The highest BCUT2D eigenvalue weighted by molar-refractivity contribution is 5.89. The van der Waals surface area contributed by atoms with Crippen molar-refractivity contribution < 1.29 is 19.8 Å². The summed E-state index contributed by atoms with van der Waals surface area (Å²) in [5.74, 6) is -1.69. The molecule has 0 aliphatic carbocycles. The Balaban J connectivity index is 0.000000257. The summed E-state index contributed by atoms with van der Waals surface area (Å²) in [6.07, 6.45) is 1.53. The topological polar surface area (TPSA) is 86.6 Å². The Morgan fingerprint density at radius 3 is 1.76 bits per heavy atom. The zero-order chi connectivity index (χ0) is 18.7.